The molecule has 1 aromatic heterocycles. The highest BCUT2D eigenvalue weighted by atomic mass is 35.5. The molecule has 0 fully saturated rings. The molecule has 0 radical (unpaired) electrons. The number of anilines is 1. The number of halogens is 4. The van der Waals surface area contributed by atoms with Crippen LogP contribution in [0.2, 0.25) is 5.02 Å². The van der Waals surface area contributed by atoms with Crippen molar-refractivity contribution in [2.75, 3.05) is 12.4 Å². The molecule has 0 spiro atoms. The number of amides is 2. The van der Waals surface area contributed by atoms with Gasteiger partial charge in [0.15, 0.2) is 11.6 Å². The van der Waals surface area contributed by atoms with Gasteiger partial charge in [-0.3, -0.25) is 4.79 Å². The van der Waals surface area contributed by atoms with Gasteiger partial charge in [-0.2, -0.15) is 0 Å². The zero-order valence-electron chi connectivity index (χ0n) is 15.8. The lowest BCUT2D eigenvalue weighted by Gasteiger charge is -2.27. The molecule has 0 aliphatic carbocycles. The van der Waals surface area contributed by atoms with E-state index in [0.29, 0.717) is 11.3 Å². The number of carbonyl (C=O) groups is 1. The second kappa shape index (κ2) is 7.79. The fraction of sp³-hybridized carbons (Fsp3) is 0.200. The lowest BCUT2D eigenvalue weighted by atomic mass is 10.0. The molecule has 0 saturated carbocycles. The van der Waals surface area contributed by atoms with Gasteiger partial charge in [0.2, 0.25) is 0 Å². The fourth-order valence-electron chi connectivity index (χ4n) is 3.02. The first kappa shape index (κ1) is 20.7. The molecule has 0 saturated heterocycles. The standard InChI is InChI=1S/C20H17ClF3N3O2/c1-10(27(3)20(29)25-11-4-6-15(22)14(21)8-11)13-9-26(2)19(28)17-12(13)5-7-16(23)18(17)24/h4-10H,1-3H3,(H,25,29)/t10-/m1/s1. The van der Waals surface area contributed by atoms with E-state index in [1.54, 1.807) is 6.92 Å². The maximum absolute atomic E-state index is 14.3. The number of hydrogen-bond donors (Lipinski definition) is 1. The molecular weight excluding hydrogens is 407 g/mol. The van der Waals surface area contributed by atoms with Crippen LogP contribution in [0, 0.1) is 17.5 Å². The van der Waals surface area contributed by atoms with Crippen LogP contribution in [0.25, 0.3) is 10.8 Å². The zero-order valence-corrected chi connectivity index (χ0v) is 16.5. The third kappa shape index (κ3) is 3.80. The molecule has 3 aromatic rings. The van der Waals surface area contributed by atoms with E-state index in [9.17, 15) is 22.8 Å². The van der Waals surface area contributed by atoms with Gasteiger partial charge < -0.3 is 14.8 Å². The Morgan fingerprint density at radius 3 is 2.48 bits per heavy atom. The Kier molecular flexibility index (Phi) is 5.57. The predicted octanol–water partition coefficient (Wildman–Crippen LogP) is 4.83. The molecule has 1 N–H and O–H groups in total. The van der Waals surface area contributed by atoms with Gasteiger partial charge >= 0.3 is 6.03 Å². The number of hydrogen-bond acceptors (Lipinski definition) is 2. The smallest absolute Gasteiger partial charge is 0.321 e. The third-order valence-corrected chi connectivity index (χ3v) is 5.08. The van der Waals surface area contributed by atoms with Gasteiger partial charge in [0.25, 0.3) is 5.56 Å². The van der Waals surface area contributed by atoms with Crippen molar-refractivity contribution < 1.29 is 18.0 Å². The molecule has 3 rings (SSSR count). The highest BCUT2D eigenvalue weighted by molar-refractivity contribution is 6.31. The first-order chi connectivity index (χ1) is 13.6. The van der Waals surface area contributed by atoms with E-state index in [0.717, 1.165) is 16.7 Å². The van der Waals surface area contributed by atoms with Crippen LogP contribution >= 0.6 is 11.6 Å². The van der Waals surface area contributed by atoms with Crippen molar-refractivity contribution in [1.82, 2.24) is 9.47 Å². The molecule has 1 heterocycles. The van der Waals surface area contributed by atoms with E-state index in [1.807, 2.05) is 0 Å². The number of benzene rings is 2. The molecule has 152 valence electrons. The normalized spacial score (nSPS) is 12.1. The van der Waals surface area contributed by atoms with E-state index in [4.69, 9.17) is 11.6 Å². The summed E-state index contributed by atoms with van der Waals surface area (Å²) in [5.74, 6) is -2.97. The molecule has 0 bridgehead atoms. The molecule has 0 aliphatic rings. The molecule has 9 heteroatoms. The quantitative estimate of drug-likeness (QED) is 0.655. The topological polar surface area (TPSA) is 54.3 Å². The molecule has 1 atom stereocenters. The largest absolute Gasteiger partial charge is 0.322 e. The lowest BCUT2D eigenvalue weighted by Crippen LogP contribution is -2.34. The Labute approximate surface area is 169 Å². The molecule has 5 nitrogen and oxygen atoms in total. The fourth-order valence-corrected chi connectivity index (χ4v) is 3.20. The maximum Gasteiger partial charge on any atom is 0.322 e. The van der Waals surface area contributed by atoms with Crippen LogP contribution in [0.15, 0.2) is 41.3 Å². The first-order valence-corrected chi connectivity index (χ1v) is 8.95. The Morgan fingerprint density at radius 1 is 1.17 bits per heavy atom. The summed E-state index contributed by atoms with van der Waals surface area (Å²) in [4.78, 5) is 26.2. The van der Waals surface area contributed by atoms with Crippen molar-refractivity contribution in [3.05, 3.63) is 74.9 Å². The van der Waals surface area contributed by atoms with Gasteiger partial charge in [0, 0.05) is 26.0 Å². The van der Waals surface area contributed by atoms with Crippen LogP contribution in [0.1, 0.15) is 18.5 Å². The summed E-state index contributed by atoms with van der Waals surface area (Å²) in [6, 6.07) is 4.86. The predicted molar refractivity (Wildman–Crippen MR) is 106 cm³/mol. The van der Waals surface area contributed by atoms with E-state index in [-0.39, 0.29) is 15.8 Å². The molecule has 0 unspecified atom stereocenters. The average Bonchev–Trinajstić information content (AvgIpc) is 2.68. The van der Waals surface area contributed by atoms with Crippen LogP contribution in [0.3, 0.4) is 0 Å². The van der Waals surface area contributed by atoms with Crippen molar-refractivity contribution in [3.63, 3.8) is 0 Å². The third-order valence-electron chi connectivity index (χ3n) is 4.80. The van der Waals surface area contributed by atoms with Crippen molar-refractivity contribution >= 4 is 34.1 Å². The number of pyridine rings is 1. The van der Waals surface area contributed by atoms with Gasteiger partial charge in [-0.1, -0.05) is 17.7 Å². The summed E-state index contributed by atoms with van der Waals surface area (Å²) in [6.07, 6.45) is 1.48. The summed E-state index contributed by atoms with van der Waals surface area (Å²) in [6.45, 7) is 1.68. The van der Waals surface area contributed by atoms with Crippen molar-refractivity contribution in [2.24, 2.45) is 7.05 Å². The minimum atomic E-state index is -1.23. The van der Waals surface area contributed by atoms with E-state index >= 15 is 0 Å². The van der Waals surface area contributed by atoms with Gasteiger partial charge in [-0.05, 0) is 42.1 Å². The summed E-state index contributed by atoms with van der Waals surface area (Å²) >= 11 is 5.72. The van der Waals surface area contributed by atoms with E-state index < -0.39 is 35.1 Å². The monoisotopic (exact) mass is 423 g/mol. The van der Waals surface area contributed by atoms with Gasteiger partial charge in [-0.15, -0.1) is 0 Å². The van der Waals surface area contributed by atoms with Crippen molar-refractivity contribution in [3.8, 4) is 0 Å². The number of nitrogens with one attached hydrogen (secondary N) is 1. The summed E-state index contributed by atoms with van der Waals surface area (Å²) in [7, 11) is 2.92. The van der Waals surface area contributed by atoms with Crippen LogP contribution in [-0.4, -0.2) is 22.5 Å². The number of fused-ring (bicyclic) bond motifs is 1. The van der Waals surface area contributed by atoms with Crippen LogP contribution < -0.4 is 10.9 Å². The number of carbonyl (C=O) groups excluding carboxylic acids is 1. The zero-order chi connectivity index (χ0) is 21.5. The number of nitrogens with zero attached hydrogens (tertiary/aromatic N) is 2. The SMILES string of the molecule is C[C@H](c1cn(C)c(=O)c2c(F)c(F)ccc12)N(C)C(=O)Nc1ccc(F)c(Cl)c1. The van der Waals surface area contributed by atoms with Crippen LogP contribution in [0.4, 0.5) is 23.7 Å². The number of rotatable bonds is 3. The lowest BCUT2D eigenvalue weighted by molar-refractivity contribution is 0.208. The molecular formula is C20H17ClF3N3O2. The second-order valence-electron chi connectivity index (χ2n) is 6.63. The van der Waals surface area contributed by atoms with E-state index in [2.05, 4.69) is 5.32 Å². The maximum atomic E-state index is 14.3. The van der Waals surface area contributed by atoms with Crippen molar-refractivity contribution in [1.29, 1.82) is 0 Å². The highest BCUT2D eigenvalue weighted by Gasteiger charge is 2.23. The molecule has 2 aromatic carbocycles. The minimum Gasteiger partial charge on any atom is -0.321 e. The van der Waals surface area contributed by atoms with Gasteiger partial charge in [0.1, 0.15) is 5.82 Å². The minimum absolute atomic E-state index is 0.139. The van der Waals surface area contributed by atoms with Gasteiger partial charge in [-0.25, -0.2) is 18.0 Å². The van der Waals surface area contributed by atoms with Gasteiger partial charge in [0.05, 0.1) is 16.5 Å². The molecule has 2 amide bonds. The number of aryl methyl sites for hydroxylation is 1. The Bertz CT molecular complexity index is 1180. The molecule has 0 aliphatic heterocycles. The Morgan fingerprint density at radius 2 is 1.83 bits per heavy atom. The highest BCUT2D eigenvalue weighted by Crippen LogP contribution is 2.28. The summed E-state index contributed by atoms with van der Waals surface area (Å²) in [5.41, 5.74) is 0.0654. The first-order valence-electron chi connectivity index (χ1n) is 8.58. The Hall–Kier alpha value is -3.00. The number of aromatic nitrogens is 1. The van der Waals surface area contributed by atoms with E-state index in [1.165, 1.54) is 43.4 Å². The summed E-state index contributed by atoms with van der Waals surface area (Å²) < 4.78 is 42.3. The van der Waals surface area contributed by atoms with Crippen LogP contribution in [-0.2, 0) is 7.05 Å². The van der Waals surface area contributed by atoms with Crippen molar-refractivity contribution in [2.45, 2.75) is 13.0 Å². The van der Waals surface area contributed by atoms with Crippen LogP contribution in [0.5, 0.6) is 0 Å². The summed E-state index contributed by atoms with van der Waals surface area (Å²) in [5, 5.41) is 2.28. The molecule has 29 heavy (non-hydrogen) atoms. The second-order valence-corrected chi connectivity index (χ2v) is 7.04. The Balaban J connectivity index is 1.98. The average molecular weight is 424 g/mol. The number of urea groups is 1.